The van der Waals surface area contributed by atoms with Gasteiger partial charge in [-0.3, -0.25) is 4.79 Å². The first-order valence-electron chi connectivity index (χ1n) is 8.19. The molecule has 1 aliphatic heterocycles. The maximum absolute atomic E-state index is 12.1. The molecule has 0 bridgehead atoms. The van der Waals surface area contributed by atoms with Gasteiger partial charge in [-0.05, 0) is 30.3 Å². The number of aromatic nitrogens is 2. The molecule has 2 aromatic carbocycles. The fourth-order valence-electron chi connectivity index (χ4n) is 2.82. The molecular formula is C20H15N3O2S2. The lowest BCUT2D eigenvalue weighted by Gasteiger charge is -2.06. The summed E-state index contributed by atoms with van der Waals surface area (Å²) < 4.78 is 7.76. The first kappa shape index (κ1) is 17.5. The molecule has 0 spiro atoms. The second-order valence-electron chi connectivity index (χ2n) is 5.77. The van der Waals surface area contributed by atoms with Crippen molar-refractivity contribution in [2.45, 2.75) is 0 Å². The van der Waals surface area contributed by atoms with Crippen molar-refractivity contribution in [3.8, 4) is 22.7 Å². The lowest BCUT2D eigenvalue weighted by Crippen LogP contribution is -2.17. The number of rotatable bonds is 4. The fourth-order valence-corrected chi connectivity index (χ4v) is 3.85. The second kappa shape index (κ2) is 7.38. The van der Waals surface area contributed by atoms with Crippen LogP contribution in [0.1, 0.15) is 5.56 Å². The van der Waals surface area contributed by atoms with Gasteiger partial charge in [-0.15, -0.1) is 0 Å². The zero-order valence-electron chi connectivity index (χ0n) is 14.4. The van der Waals surface area contributed by atoms with Crippen LogP contribution in [0.25, 0.3) is 23.0 Å². The summed E-state index contributed by atoms with van der Waals surface area (Å²) in [7, 11) is 1.63. The lowest BCUT2D eigenvalue weighted by atomic mass is 10.1. The van der Waals surface area contributed by atoms with Gasteiger partial charge >= 0.3 is 0 Å². The summed E-state index contributed by atoms with van der Waals surface area (Å²) in [6.45, 7) is 0. The van der Waals surface area contributed by atoms with Gasteiger partial charge in [0.2, 0.25) is 0 Å². The smallest absolute Gasteiger partial charge is 0.263 e. The molecule has 27 heavy (non-hydrogen) atoms. The van der Waals surface area contributed by atoms with Gasteiger partial charge in [0.1, 0.15) is 15.8 Å². The number of para-hydroxylation sites is 2. The van der Waals surface area contributed by atoms with Crippen LogP contribution in [0.5, 0.6) is 5.75 Å². The van der Waals surface area contributed by atoms with Crippen molar-refractivity contribution < 1.29 is 9.53 Å². The number of hydrogen-bond acceptors (Lipinski definition) is 5. The molecule has 1 aromatic heterocycles. The van der Waals surface area contributed by atoms with Crippen LogP contribution in [0.4, 0.5) is 0 Å². The normalized spacial score (nSPS) is 15.2. The molecular weight excluding hydrogens is 378 g/mol. The minimum absolute atomic E-state index is 0.191. The number of nitrogens with zero attached hydrogens (tertiary/aromatic N) is 2. The molecule has 1 saturated heterocycles. The SMILES string of the molecule is COc1ccccc1-c1nn(-c2ccccc2)cc1/C=C1\SC(=S)NC1=O. The molecule has 0 saturated carbocycles. The first-order chi connectivity index (χ1) is 13.2. The first-order valence-corrected chi connectivity index (χ1v) is 9.41. The van der Waals surface area contributed by atoms with E-state index in [0.717, 1.165) is 28.3 Å². The van der Waals surface area contributed by atoms with E-state index in [1.54, 1.807) is 11.8 Å². The van der Waals surface area contributed by atoms with Gasteiger partial charge < -0.3 is 10.1 Å². The lowest BCUT2D eigenvalue weighted by molar-refractivity contribution is -0.115. The molecule has 5 nitrogen and oxygen atoms in total. The summed E-state index contributed by atoms with van der Waals surface area (Å²) in [5.74, 6) is 0.526. The Kier molecular flexibility index (Phi) is 4.79. The highest BCUT2D eigenvalue weighted by molar-refractivity contribution is 8.26. The van der Waals surface area contributed by atoms with Gasteiger partial charge in [-0.25, -0.2) is 4.68 Å². The Hall–Kier alpha value is -2.90. The monoisotopic (exact) mass is 393 g/mol. The zero-order valence-corrected chi connectivity index (χ0v) is 16.0. The van der Waals surface area contributed by atoms with Crippen molar-refractivity contribution in [1.82, 2.24) is 15.1 Å². The maximum Gasteiger partial charge on any atom is 0.263 e. The highest BCUT2D eigenvalue weighted by Gasteiger charge is 2.24. The van der Waals surface area contributed by atoms with Crippen molar-refractivity contribution in [1.29, 1.82) is 0 Å². The summed E-state index contributed by atoms with van der Waals surface area (Å²) in [5.41, 5.74) is 3.32. The third-order valence-electron chi connectivity index (χ3n) is 4.05. The molecule has 1 N–H and O–H groups in total. The van der Waals surface area contributed by atoms with Crippen LogP contribution in [-0.4, -0.2) is 27.1 Å². The van der Waals surface area contributed by atoms with E-state index in [9.17, 15) is 4.79 Å². The molecule has 2 heterocycles. The van der Waals surface area contributed by atoms with E-state index < -0.39 is 0 Å². The van der Waals surface area contributed by atoms with E-state index in [1.807, 2.05) is 66.9 Å². The molecule has 134 valence electrons. The number of nitrogens with one attached hydrogen (secondary N) is 1. The minimum Gasteiger partial charge on any atom is -0.496 e. The topological polar surface area (TPSA) is 56.1 Å². The van der Waals surface area contributed by atoms with E-state index in [4.69, 9.17) is 22.1 Å². The van der Waals surface area contributed by atoms with Crippen molar-refractivity contribution >= 4 is 40.3 Å². The van der Waals surface area contributed by atoms with Crippen LogP contribution in [0, 0.1) is 0 Å². The van der Waals surface area contributed by atoms with Gasteiger partial charge in [-0.2, -0.15) is 5.10 Å². The molecule has 4 rings (SSSR count). The Labute approximate surface area is 166 Å². The van der Waals surface area contributed by atoms with Crippen LogP contribution in [0.15, 0.2) is 65.7 Å². The largest absolute Gasteiger partial charge is 0.496 e. The van der Waals surface area contributed by atoms with Gasteiger partial charge in [0.15, 0.2) is 0 Å². The molecule has 1 aliphatic rings. The van der Waals surface area contributed by atoms with E-state index in [2.05, 4.69) is 5.32 Å². The van der Waals surface area contributed by atoms with E-state index in [0.29, 0.717) is 9.23 Å². The van der Waals surface area contributed by atoms with E-state index in [-0.39, 0.29) is 5.91 Å². The highest BCUT2D eigenvalue weighted by atomic mass is 32.2. The Morgan fingerprint density at radius 2 is 1.89 bits per heavy atom. The Balaban J connectivity index is 1.88. The van der Waals surface area contributed by atoms with Gasteiger partial charge in [0.05, 0.1) is 17.7 Å². The van der Waals surface area contributed by atoms with E-state index in [1.165, 1.54) is 11.8 Å². The van der Waals surface area contributed by atoms with Crippen molar-refractivity contribution in [3.63, 3.8) is 0 Å². The van der Waals surface area contributed by atoms with Gasteiger partial charge in [0, 0.05) is 17.3 Å². The highest BCUT2D eigenvalue weighted by Crippen LogP contribution is 2.34. The van der Waals surface area contributed by atoms with Crippen LogP contribution in [0.3, 0.4) is 0 Å². The third-order valence-corrected chi connectivity index (χ3v) is 5.22. The van der Waals surface area contributed by atoms with E-state index >= 15 is 0 Å². The summed E-state index contributed by atoms with van der Waals surface area (Å²) in [6, 6.07) is 17.5. The molecule has 0 atom stereocenters. The predicted octanol–water partition coefficient (Wildman–Crippen LogP) is 4.04. The number of amides is 1. The number of carbonyl (C=O) groups is 1. The quantitative estimate of drug-likeness (QED) is 0.536. The van der Waals surface area contributed by atoms with Crippen molar-refractivity contribution in [2.75, 3.05) is 7.11 Å². The minimum atomic E-state index is -0.191. The summed E-state index contributed by atoms with van der Waals surface area (Å²) in [6.07, 6.45) is 3.72. The van der Waals surface area contributed by atoms with Gasteiger partial charge in [-0.1, -0.05) is 54.3 Å². The number of methoxy groups -OCH3 is 1. The number of thiocarbonyl (C=S) groups is 1. The van der Waals surface area contributed by atoms with Gasteiger partial charge in [0.25, 0.3) is 5.91 Å². The average Bonchev–Trinajstić information content (AvgIpc) is 3.25. The fraction of sp³-hybridized carbons (Fsp3) is 0.0500. The maximum atomic E-state index is 12.1. The molecule has 1 fully saturated rings. The molecule has 1 amide bonds. The number of benzene rings is 2. The Morgan fingerprint density at radius 3 is 2.59 bits per heavy atom. The Morgan fingerprint density at radius 1 is 1.15 bits per heavy atom. The molecule has 7 heteroatoms. The van der Waals surface area contributed by atoms with Crippen LogP contribution in [0.2, 0.25) is 0 Å². The summed E-state index contributed by atoms with van der Waals surface area (Å²) in [4.78, 5) is 12.6. The average molecular weight is 393 g/mol. The second-order valence-corrected chi connectivity index (χ2v) is 7.48. The number of hydrogen-bond donors (Lipinski definition) is 1. The molecule has 0 unspecified atom stereocenters. The predicted molar refractivity (Wildman–Crippen MR) is 112 cm³/mol. The van der Waals surface area contributed by atoms with Crippen molar-refractivity contribution in [2.24, 2.45) is 0 Å². The number of carbonyl (C=O) groups excluding carboxylic acids is 1. The Bertz CT molecular complexity index is 1060. The molecule has 0 aliphatic carbocycles. The van der Waals surface area contributed by atoms with Crippen molar-refractivity contribution in [3.05, 3.63) is 71.3 Å². The summed E-state index contributed by atoms with van der Waals surface area (Å²) in [5, 5.41) is 7.41. The zero-order chi connectivity index (χ0) is 18.8. The summed E-state index contributed by atoms with van der Waals surface area (Å²) >= 11 is 6.34. The number of ether oxygens (including phenoxy) is 1. The molecule has 3 aromatic rings. The molecule has 0 radical (unpaired) electrons. The number of thioether (sulfide) groups is 1. The van der Waals surface area contributed by atoms with Crippen LogP contribution in [-0.2, 0) is 4.79 Å². The van der Waals surface area contributed by atoms with Crippen LogP contribution < -0.4 is 10.1 Å². The standard InChI is InChI=1S/C20H15N3O2S2/c1-25-16-10-6-5-9-15(16)18-13(11-17-19(24)21-20(26)27-17)12-23(22-18)14-7-3-2-4-8-14/h2-12H,1H3,(H,21,24,26)/b17-11-. The van der Waals surface area contributed by atoms with Crippen LogP contribution >= 0.6 is 24.0 Å². The third kappa shape index (κ3) is 3.51.